The van der Waals surface area contributed by atoms with E-state index in [-0.39, 0.29) is 5.82 Å². The molecule has 0 aliphatic rings. The Bertz CT molecular complexity index is 513. The van der Waals surface area contributed by atoms with Crippen LogP contribution in [0.1, 0.15) is 11.0 Å². The van der Waals surface area contributed by atoms with E-state index in [1.54, 1.807) is 23.7 Å². The van der Waals surface area contributed by atoms with Gasteiger partial charge in [-0.3, -0.25) is 0 Å². The van der Waals surface area contributed by atoms with Crippen LogP contribution >= 0.6 is 11.3 Å². The summed E-state index contributed by atoms with van der Waals surface area (Å²) in [5.74, 6) is -0.765. The topological polar surface area (TPSA) is 51.2 Å². The van der Waals surface area contributed by atoms with Crippen LogP contribution in [0.5, 0.6) is 0 Å². The summed E-state index contributed by atoms with van der Waals surface area (Å²) in [6.45, 7) is 0. The van der Waals surface area contributed by atoms with Crippen molar-refractivity contribution in [3.8, 4) is 0 Å². The van der Waals surface area contributed by atoms with Crippen molar-refractivity contribution in [1.29, 1.82) is 0 Å². The predicted octanol–water partition coefficient (Wildman–Crippen LogP) is 2.61. The number of carbonyl (C=O) groups is 1. The number of rotatable bonds is 4. The number of aromatic nitrogens is 1. The molecule has 1 aromatic heterocycles. The van der Waals surface area contributed by atoms with Gasteiger partial charge in [0.15, 0.2) is 6.04 Å². The zero-order valence-electron chi connectivity index (χ0n) is 9.59. The van der Waals surface area contributed by atoms with Crippen LogP contribution in [0.3, 0.4) is 0 Å². The second-order valence-electron chi connectivity index (χ2n) is 3.48. The predicted molar refractivity (Wildman–Crippen MR) is 66.9 cm³/mol. The maximum Gasteiger partial charge on any atom is 0.335 e. The van der Waals surface area contributed by atoms with Gasteiger partial charge in [0.1, 0.15) is 10.8 Å². The van der Waals surface area contributed by atoms with E-state index < -0.39 is 12.0 Å². The number of ether oxygens (including phenoxy) is 1. The van der Waals surface area contributed by atoms with Crippen molar-refractivity contribution in [3.05, 3.63) is 46.7 Å². The fourth-order valence-electron chi connectivity index (χ4n) is 1.43. The summed E-state index contributed by atoms with van der Waals surface area (Å²) in [6.07, 6.45) is 1.61. The van der Waals surface area contributed by atoms with Crippen molar-refractivity contribution >= 4 is 23.0 Å². The van der Waals surface area contributed by atoms with Crippen LogP contribution in [0, 0.1) is 5.82 Å². The number of hydrogen-bond acceptors (Lipinski definition) is 5. The van der Waals surface area contributed by atoms with Gasteiger partial charge in [0.2, 0.25) is 0 Å². The molecule has 0 aliphatic heterocycles. The van der Waals surface area contributed by atoms with Crippen molar-refractivity contribution in [2.75, 3.05) is 12.4 Å². The van der Waals surface area contributed by atoms with Crippen molar-refractivity contribution in [2.45, 2.75) is 6.04 Å². The highest BCUT2D eigenvalue weighted by molar-refractivity contribution is 7.09. The SMILES string of the molecule is COC(=O)C(Nc1ccc(F)cc1)c1nccs1. The summed E-state index contributed by atoms with van der Waals surface area (Å²) in [6, 6.07) is 5.06. The van der Waals surface area contributed by atoms with Crippen LogP contribution in [-0.4, -0.2) is 18.1 Å². The Morgan fingerprint density at radius 3 is 2.72 bits per heavy atom. The van der Waals surface area contributed by atoms with Gasteiger partial charge in [-0.25, -0.2) is 14.2 Å². The minimum absolute atomic E-state index is 0.329. The maximum atomic E-state index is 12.8. The Labute approximate surface area is 107 Å². The Morgan fingerprint density at radius 2 is 2.17 bits per heavy atom. The van der Waals surface area contributed by atoms with E-state index in [0.29, 0.717) is 10.7 Å². The van der Waals surface area contributed by atoms with Crippen molar-refractivity contribution in [1.82, 2.24) is 4.98 Å². The Hall–Kier alpha value is -1.95. The molecule has 0 aliphatic carbocycles. The monoisotopic (exact) mass is 266 g/mol. The highest BCUT2D eigenvalue weighted by Crippen LogP contribution is 2.22. The molecule has 0 spiro atoms. The molecular weight excluding hydrogens is 255 g/mol. The first-order valence-corrected chi connectivity index (χ1v) is 6.08. The molecule has 6 heteroatoms. The van der Waals surface area contributed by atoms with E-state index in [1.807, 2.05) is 0 Å². The number of nitrogens with one attached hydrogen (secondary N) is 1. The molecule has 1 unspecified atom stereocenters. The zero-order chi connectivity index (χ0) is 13.0. The standard InChI is InChI=1S/C12H11FN2O2S/c1-17-12(16)10(11-14-6-7-18-11)15-9-4-2-8(13)3-5-9/h2-7,10,15H,1H3. The van der Waals surface area contributed by atoms with Gasteiger partial charge in [0, 0.05) is 17.3 Å². The zero-order valence-corrected chi connectivity index (χ0v) is 10.4. The quantitative estimate of drug-likeness (QED) is 0.864. The fourth-order valence-corrected chi connectivity index (χ4v) is 2.10. The first-order valence-electron chi connectivity index (χ1n) is 5.20. The lowest BCUT2D eigenvalue weighted by Gasteiger charge is -2.15. The molecule has 1 N–H and O–H groups in total. The second kappa shape index (κ2) is 5.59. The van der Waals surface area contributed by atoms with Crippen LogP contribution in [0.25, 0.3) is 0 Å². The molecule has 2 aromatic rings. The molecule has 0 fully saturated rings. The van der Waals surface area contributed by atoms with E-state index in [1.165, 1.54) is 30.6 Å². The van der Waals surface area contributed by atoms with Crippen LogP contribution < -0.4 is 5.32 Å². The summed E-state index contributed by atoms with van der Waals surface area (Å²) < 4.78 is 17.5. The third-order valence-corrected chi connectivity index (χ3v) is 3.13. The smallest absolute Gasteiger partial charge is 0.335 e. The van der Waals surface area contributed by atoms with E-state index >= 15 is 0 Å². The highest BCUT2D eigenvalue weighted by Gasteiger charge is 2.23. The molecular formula is C12H11FN2O2S. The molecule has 94 valence electrons. The lowest BCUT2D eigenvalue weighted by Crippen LogP contribution is -2.22. The average Bonchev–Trinajstić information content (AvgIpc) is 2.91. The van der Waals surface area contributed by atoms with E-state index in [0.717, 1.165) is 0 Å². The summed E-state index contributed by atoms with van der Waals surface area (Å²) in [4.78, 5) is 15.8. The van der Waals surface area contributed by atoms with E-state index in [4.69, 9.17) is 4.74 Å². The number of nitrogens with zero attached hydrogens (tertiary/aromatic N) is 1. The summed E-state index contributed by atoms with van der Waals surface area (Å²) in [7, 11) is 1.31. The Balaban J connectivity index is 2.20. The number of halogens is 1. The summed E-state index contributed by atoms with van der Waals surface area (Å²) in [5, 5.41) is 5.34. The maximum absolute atomic E-state index is 12.8. The number of hydrogen-bond donors (Lipinski definition) is 1. The molecule has 0 saturated carbocycles. The number of anilines is 1. The number of carbonyl (C=O) groups excluding carboxylic acids is 1. The fraction of sp³-hybridized carbons (Fsp3) is 0.167. The molecule has 1 atom stereocenters. The van der Waals surface area contributed by atoms with Crippen LogP contribution in [0.2, 0.25) is 0 Å². The molecule has 0 saturated heterocycles. The van der Waals surface area contributed by atoms with Crippen molar-refractivity contribution in [3.63, 3.8) is 0 Å². The number of thiazole rings is 1. The first-order chi connectivity index (χ1) is 8.70. The lowest BCUT2D eigenvalue weighted by molar-refractivity contribution is -0.141. The third-order valence-electron chi connectivity index (χ3n) is 2.29. The summed E-state index contributed by atoms with van der Waals surface area (Å²) >= 11 is 1.35. The molecule has 0 bridgehead atoms. The van der Waals surface area contributed by atoms with E-state index in [2.05, 4.69) is 10.3 Å². The van der Waals surface area contributed by atoms with Crippen molar-refractivity contribution < 1.29 is 13.9 Å². The van der Waals surface area contributed by atoms with Crippen LogP contribution in [0.4, 0.5) is 10.1 Å². The number of esters is 1. The van der Waals surface area contributed by atoms with Gasteiger partial charge >= 0.3 is 5.97 Å². The molecule has 4 nitrogen and oxygen atoms in total. The molecule has 1 aromatic carbocycles. The molecule has 1 heterocycles. The van der Waals surface area contributed by atoms with Crippen molar-refractivity contribution in [2.24, 2.45) is 0 Å². The van der Waals surface area contributed by atoms with Gasteiger partial charge in [0.25, 0.3) is 0 Å². The lowest BCUT2D eigenvalue weighted by atomic mass is 10.2. The summed E-state index contributed by atoms with van der Waals surface area (Å²) in [5.41, 5.74) is 0.627. The highest BCUT2D eigenvalue weighted by atomic mass is 32.1. The van der Waals surface area contributed by atoms with Gasteiger partial charge < -0.3 is 10.1 Å². The molecule has 0 radical (unpaired) electrons. The Morgan fingerprint density at radius 1 is 1.44 bits per heavy atom. The molecule has 18 heavy (non-hydrogen) atoms. The molecule has 2 rings (SSSR count). The number of benzene rings is 1. The van der Waals surface area contributed by atoms with Crippen LogP contribution in [-0.2, 0) is 9.53 Å². The normalized spacial score (nSPS) is 11.9. The first kappa shape index (κ1) is 12.5. The minimum Gasteiger partial charge on any atom is -0.467 e. The van der Waals surface area contributed by atoms with Gasteiger partial charge in [0.05, 0.1) is 7.11 Å². The minimum atomic E-state index is -0.680. The second-order valence-corrected chi connectivity index (χ2v) is 4.40. The van der Waals surface area contributed by atoms with E-state index in [9.17, 15) is 9.18 Å². The van der Waals surface area contributed by atoms with Crippen LogP contribution in [0.15, 0.2) is 35.8 Å². The van der Waals surface area contributed by atoms with Gasteiger partial charge in [-0.15, -0.1) is 11.3 Å². The Kier molecular flexibility index (Phi) is 3.88. The van der Waals surface area contributed by atoms with Gasteiger partial charge in [-0.05, 0) is 24.3 Å². The third kappa shape index (κ3) is 2.84. The van der Waals surface area contributed by atoms with Gasteiger partial charge in [-0.1, -0.05) is 0 Å². The molecule has 0 amide bonds. The average molecular weight is 266 g/mol. The number of methoxy groups -OCH3 is 1. The van der Waals surface area contributed by atoms with Gasteiger partial charge in [-0.2, -0.15) is 0 Å². The largest absolute Gasteiger partial charge is 0.467 e.